The van der Waals surface area contributed by atoms with Gasteiger partial charge in [-0.05, 0) is 23.8 Å². The van der Waals surface area contributed by atoms with Gasteiger partial charge in [0.1, 0.15) is 10.0 Å². The van der Waals surface area contributed by atoms with E-state index in [1.807, 2.05) is 54.7 Å². The highest BCUT2D eigenvalue weighted by Crippen LogP contribution is 2.20. The van der Waals surface area contributed by atoms with E-state index >= 15 is 0 Å². The third-order valence-electron chi connectivity index (χ3n) is 3.99. The van der Waals surface area contributed by atoms with E-state index in [4.69, 9.17) is 16.6 Å². The average Bonchev–Trinajstić information content (AvgIpc) is 3.21. The molecule has 8 heteroatoms. The molecule has 0 aliphatic heterocycles. The molecule has 4 aromatic rings. The fourth-order valence-corrected chi connectivity index (χ4v) is 3.56. The molecule has 0 fully saturated rings. The number of hydrogen-bond donors (Lipinski definition) is 1. The normalized spacial score (nSPS) is 10.9. The molecule has 0 bridgehead atoms. The number of thiocarbonyl (C=S) groups is 1. The van der Waals surface area contributed by atoms with Crippen LogP contribution in [0.15, 0.2) is 65.3 Å². The standard InChI is InChI=1S/C20H17N5OS2/c27-20(22-13-14-4-3-10-21-12-14)28-11-9-18-24-25-19(26-18)17-8-7-15-5-1-2-6-16(15)23-17/h1-8,10,12H,9,11,13H2,(H,22,27). The van der Waals surface area contributed by atoms with Gasteiger partial charge in [-0.3, -0.25) is 4.98 Å². The minimum Gasteiger partial charge on any atom is -0.419 e. The summed E-state index contributed by atoms with van der Waals surface area (Å²) in [5.41, 5.74) is 2.67. The number of fused-ring (bicyclic) bond motifs is 1. The topological polar surface area (TPSA) is 76.7 Å². The van der Waals surface area contributed by atoms with Crippen LogP contribution in [-0.4, -0.2) is 30.2 Å². The Labute approximate surface area is 171 Å². The van der Waals surface area contributed by atoms with Crippen LogP contribution in [0, 0.1) is 0 Å². The van der Waals surface area contributed by atoms with E-state index in [2.05, 4.69) is 25.5 Å². The van der Waals surface area contributed by atoms with E-state index in [-0.39, 0.29) is 0 Å². The molecule has 28 heavy (non-hydrogen) atoms. The lowest BCUT2D eigenvalue weighted by Gasteiger charge is -2.06. The molecule has 1 aromatic carbocycles. The SMILES string of the molecule is S=C(NCc1cccnc1)SCCc1nnc(-c2ccc3ccccc3n2)o1. The van der Waals surface area contributed by atoms with Crippen LogP contribution in [-0.2, 0) is 13.0 Å². The van der Waals surface area contributed by atoms with E-state index in [1.54, 1.807) is 18.0 Å². The van der Waals surface area contributed by atoms with Crippen molar-refractivity contribution in [3.05, 3.63) is 72.4 Å². The van der Waals surface area contributed by atoms with Crippen LogP contribution < -0.4 is 5.32 Å². The number of benzene rings is 1. The molecule has 0 saturated carbocycles. The lowest BCUT2D eigenvalue weighted by atomic mass is 10.2. The maximum absolute atomic E-state index is 5.76. The second kappa shape index (κ2) is 8.90. The summed E-state index contributed by atoms with van der Waals surface area (Å²) in [6.45, 7) is 0.665. The minimum absolute atomic E-state index is 0.433. The number of hydrogen-bond acceptors (Lipinski definition) is 7. The van der Waals surface area contributed by atoms with Gasteiger partial charge in [0.25, 0.3) is 5.89 Å². The first-order valence-corrected chi connectivity index (χ1v) is 10.2. The first kappa shape index (κ1) is 18.5. The van der Waals surface area contributed by atoms with Crippen molar-refractivity contribution in [2.24, 2.45) is 0 Å². The van der Waals surface area contributed by atoms with Crippen LogP contribution in [0.1, 0.15) is 11.5 Å². The molecule has 140 valence electrons. The summed E-state index contributed by atoms with van der Waals surface area (Å²) in [6.07, 6.45) is 4.21. The van der Waals surface area contributed by atoms with Gasteiger partial charge in [-0.2, -0.15) is 0 Å². The van der Waals surface area contributed by atoms with Crippen molar-refractivity contribution in [1.82, 2.24) is 25.5 Å². The van der Waals surface area contributed by atoms with E-state index < -0.39 is 0 Å². The minimum atomic E-state index is 0.433. The first-order valence-electron chi connectivity index (χ1n) is 8.76. The summed E-state index contributed by atoms with van der Waals surface area (Å²) in [7, 11) is 0. The van der Waals surface area contributed by atoms with Crippen LogP contribution in [0.4, 0.5) is 0 Å². The zero-order chi connectivity index (χ0) is 19.2. The smallest absolute Gasteiger partial charge is 0.266 e. The van der Waals surface area contributed by atoms with Gasteiger partial charge >= 0.3 is 0 Å². The third-order valence-corrected chi connectivity index (χ3v) is 5.31. The number of para-hydroxylation sites is 1. The van der Waals surface area contributed by atoms with Gasteiger partial charge in [0.2, 0.25) is 5.89 Å². The van der Waals surface area contributed by atoms with Crippen molar-refractivity contribution in [1.29, 1.82) is 0 Å². The highest BCUT2D eigenvalue weighted by Gasteiger charge is 2.11. The zero-order valence-corrected chi connectivity index (χ0v) is 16.5. The molecule has 0 atom stereocenters. The van der Waals surface area contributed by atoms with Crippen LogP contribution in [0.5, 0.6) is 0 Å². The maximum atomic E-state index is 5.76. The number of rotatable bonds is 6. The van der Waals surface area contributed by atoms with Crippen molar-refractivity contribution in [2.45, 2.75) is 13.0 Å². The monoisotopic (exact) mass is 407 g/mol. The molecule has 1 N–H and O–H groups in total. The predicted molar refractivity (Wildman–Crippen MR) is 115 cm³/mol. The van der Waals surface area contributed by atoms with Gasteiger partial charge in [-0.15, -0.1) is 10.2 Å². The molecule has 0 amide bonds. The number of thioether (sulfide) groups is 1. The Hall–Kier alpha value is -2.84. The molecule has 0 aliphatic carbocycles. The Morgan fingerprint density at radius 3 is 2.89 bits per heavy atom. The predicted octanol–water partition coefficient (Wildman–Crippen LogP) is 4.03. The van der Waals surface area contributed by atoms with Gasteiger partial charge < -0.3 is 9.73 Å². The van der Waals surface area contributed by atoms with Gasteiger partial charge in [0.15, 0.2) is 0 Å². The van der Waals surface area contributed by atoms with Crippen LogP contribution in [0.25, 0.3) is 22.5 Å². The molecule has 0 unspecified atom stereocenters. The Morgan fingerprint density at radius 1 is 1.07 bits per heavy atom. The molecule has 0 saturated heterocycles. The zero-order valence-electron chi connectivity index (χ0n) is 14.9. The van der Waals surface area contributed by atoms with Crippen molar-refractivity contribution < 1.29 is 4.42 Å². The van der Waals surface area contributed by atoms with Crippen LogP contribution >= 0.6 is 24.0 Å². The third kappa shape index (κ3) is 4.71. The van der Waals surface area contributed by atoms with Gasteiger partial charge in [-0.25, -0.2) is 4.98 Å². The van der Waals surface area contributed by atoms with Crippen molar-refractivity contribution in [3.63, 3.8) is 0 Å². The molecular formula is C20H17N5OS2. The van der Waals surface area contributed by atoms with Crippen LogP contribution in [0.2, 0.25) is 0 Å². The van der Waals surface area contributed by atoms with E-state index in [1.165, 1.54) is 0 Å². The highest BCUT2D eigenvalue weighted by molar-refractivity contribution is 8.22. The fraction of sp³-hybridized carbons (Fsp3) is 0.150. The second-order valence-corrected chi connectivity index (χ2v) is 7.76. The average molecular weight is 408 g/mol. The van der Waals surface area contributed by atoms with Gasteiger partial charge in [0, 0.05) is 36.5 Å². The Morgan fingerprint density at radius 2 is 2.00 bits per heavy atom. The van der Waals surface area contributed by atoms with Crippen LogP contribution in [0.3, 0.4) is 0 Å². The number of pyridine rings is 2. The summed E-state index contributed by atoms with van der Waals surface area (Å²) in [5.74, 6) is 1.77. The first-order chi connectivity index (χ1) is 13.8. The Kier molecular flexibility index (Phi) is 5.89. The van der Waals surface area contributed by atoms with E-state index in [9.17, 15) is 0 Å². The summed E-state index contributed by atoms with van der Waals surface area (Å²) >= 11 is 6.90. The number of nitrogens with zero attached hydrogens (tertiary/aromatic N) is 4. The lowest BCUT2D eigenvalue weighted by Crippen LogP contribution is -2.18. The highest BCUT2D eigenvalue weighted by atomic mass is 32.2. The fourth-order valence-electron chi connectivity index (χ4n) is 2.60. The number of nitrogens with one attached hydrogen (secondary N) is 1. The van der Waals surface area contributed by atoms with E-state index in [0.29, 0.717) is 30.4 Å². The molecular weight excluding hydrogens is 390 g/mol. The molecule has 3 aromatic heterocycles. The second-order valence-electron chi connectivity index (χ2n) is 5.99. The summed E-state index contributed by atoms with van der Waals surface area (Å²) in [5, 5.41) is 12.5. The largest absolute Gasteiger partial charge is 0.419 e. The number of aromatic nitrogens is 4. The Bertz CT molecular complexity index is 1080. The van der Waals surface area contributed by atoms with Crippen molar-refractivity contribution in [3.8, 4) is 11.6 Å². The van der Waals surface area contributed by atoms with Gasteiger partial charge in [-0.1, -0.05) is 54.3 Å². The lowest BCUT2D eigenvalue weighted by molar-refractivity contribution is 0.513. The van der Waals surface area contributed by atoms with Gasteiger partial charge in [0.05, 0.1) is 5.52 Å². The summed E-state index contributed by atoms with van der Waals surface area (Å²) in [6, 6.07) is 15.7. The van der Waals surface area contributed by atoms with Crippen molar-refractivity contribution >= 4 is 39.2 Å². The number of aryl methyl sites for hydroxylation is 1. The Balaban J connectivity index is 1.29. The quantitative estimate of drug-likeness (QED) is 0.480. The summed E-state index contributed by atoms with van der Waals surface area (Å²) in [4.78, 5) is 8.67. The molecule has 0 aliphatic rings. The molecule has 3 heterocycles. The van der Waals surface area contributed by atoms with Crippen molar-refractivity contribution in [2.75, 3.05) is 5.75 Å². The molecule has 0 spiro atoms. The molecule has 0 radical (unpaired) electrons. The maximum Gasteiger partial charge on any atom is 0.266 e. The summed E-state index contributed by atoms with van der Waals surface area (Å²) < 4.78 is 6.50. The van der Waals surface area contributed by atoms with E-state index in [0.717, 1.165) is 26.5 Å². The molecule has 6 nitrogen and oxygen atoms in total. The molecule has 4 rings (SSSR count).